The molecular weight excluding hydrogens is 266 g/mol. The molecule has 0 spiro atoms. The standard InChI is InChI=1S/C21H29N/c1-17(2)8-6-11-19-14-20-12-7-13-21(15-19)22(20)16-18-9-4-3-5-10-18/h3-5,8-10,14,20-21H,6-7,11-13,15-16H2,1-2H3. The van der Waals surface area contributed by atoms with Gasteiger partial charge in [0.2, 0.25) is 0 Å². The Morgan fingerprint density at radius 1 is 1.18 bits per heavy atom. The highest BCUT2D eigenvalue weighted by atomic mass is 15.2. The lowest BCUT2D eigenvalue weighted by Crippen LogP contribution is -2.47. The van der Waals surface area contributed by atoms with Crippen LogP contribution in [-0.2, 0) is 6.54 Å². The first-order valence-corrected chi connectivity index (χ1v) is 8.85. The fourth-order valence-corrected chi connectivity index (χ4v) is 3.98. The van der Waals surface area contributed by atoms with Gasteiger partial charge in [-0.2, -0.15) is 0 Å². The van der Waals surface area contributed by atoms with E-state index in [1.165, 1.54) is 49.7 Å². The Bertz CT molecular complexity index is 536. The summed E-state index contributed by atoms with van der Waals surface area (Å²) in [5, 5.41) is 0. The van der Waals surface area contributed by atoms with E-state index in [2.05, 4.69) is 61.2 Å². The maximum Gasteiger partial charge on any atom is 0.0287 e. The zero-order chi connectivity index (χ0) is 15.4. The summed E-state index contributed by atoms with van der Waals surface area (Å²) in [6, 6.07) is 12.4. The third kappa shape index (κ3) is 3.89. The summed E-state index contributed by atoms with van der Waals surface area (Å²) in [6.07, 6.45) is 12.9. The third-order valence-electron chi connectivity index (χ3n) is 5.08. The molecule has 1 saturated heterocycles. The van der Waals surface area contributed by atoms with Gasteiger partial charge in [0.1, 0.15) is 0 Å². The highest BCUT2D eigenvalue weighted by Crippen LogP contribution is 2.35. The van der Waals surface area contributed by atoms with Crippen LogP contribution in [0, 0.1) is 0 Å². The van der Waals surface area contributed by atoms with Crippen LogP contribution in [0.5, 0.6) is 0 Å². The molecule has 118 valence electrons. The first-order chi connectivity index (χ1) is 10.7. The van der Waals surface area contributed by atoms with Crippen LogP contribution in [0.4, 0.5) is 0 Å². The van der Waals surface area contributed by atoms with E-state index in [0.29, 0.717) is 6.04 Å². The highest BCUT2D eigenvalue weighted by Gasteiger charge is 2.33. The SMILES string of the molecule is CC(C)=CCCC1=CC2CCCC(C1)N2Cc1ccccc1. The molecule has 2 unspecified atom stereocenters. The maximum atomic E-state index is 2.75. The molecule has 0 amide bonds. The van der Waals surface area contributed by atoms with E-state index in [-0.39, 0.29) is 0 Å². The maximum absolute atomic E-state index is 2.75. The summed E-state index contributed by atoms with van der Waals surface area (Å²) < 4.78 is 0. The second-order valence-electron chi connectivity index (χ2n) is 7.16. The number of hydrogen-bond donors (Lipinski definition) is 0. The summed E-state index contributed by atoms with van der Waals surface area (Å²) in [7, 11) is 0. The summed E-state index contributed by atoms with van der Waals surface area (Å²) >= 11 is 0. The lowest BCUT2D eigenvalue weighted by atomic mass is 9.83. The highest BCUT2D eigenvalue weighted by molar-refractivity contribution is 5.20. The van der Waals surface area contributed by atoms with E-state index in [1.54, 1.807) is 5.57 Å². The van der Waals surface area contributed by atoms with Gasteiger partial charge in [-0.15, -0.1) is 0 Å². The summed E-state index contributed by atoms with van der Waals surface area (Å²) in [4.78, 5) is 2.75. The second kappa shape index (κ2) is 7.28. The Labute approximate surface area is 135 Å². The average molecular weight is 295 g/mol. The molecule has 2 heterocycles. The molecule has 2 atom stereocenters. The van der Waals surface area contributed by atoms with Gasteiger partial charge < -0.3 is 0 Å². The van der Waals surface area contributed by atoms with Crippen LogP contribution < -0.4 is 0 Å². The minimum absolute atomic E-state index is 0.675. The Hall–Kier alpha value is -1.34. The molecule has 0 radical (unpaired) electrons. The minimum atomic E-state index is 0.675. The van der Waals surface area contributed by atoms with Crippen LogP contribution in [0.25, 0.3) is 0 Å². The number of fused-ring (bicyclic) bond motifs is 2. The molecule has 1 aromatic rings. The molecule has 2 bridgehead atoms. The first kappa shape index (κ1) is 15.6. The zero-order valence-electron chi connectivity index (χ0n) is 14.1. The van der Waals surface area contributed by atoms with Crippen LogP contribution in [-0.4, -0.2) is 17.0 Å². The van der Waals surface area contributed by atoms with Gasteiger partial charge in [-0.25, -0.2) is 0 Å². The number of benzene rings is 1. The van der Waals surface area contributed by atoms with Crippen molar-refractivity contribution in [3.05, 3.63) is 59.2 Å². The fourth-order valence-electron chi connectivity index (χ4n) is 3.98. The quantitative estimate of drug-likeness (QED) is 0.650. The molecule has 3 rings (SSSR count). The van der Waals surface area contributed by atoms with E-state index in [1.807, 2.05) is 0 Å². The molecule has 1 aromatic carbocycles. The van der Waals surface area contributed by atoms with Gasteiger partial charge in [0, 0.05) is 18.6 Å². The monoisotopic (exact) mass is 295 g/mol. The predicted molar refractivity (Wildman–Crippen MR) is 94.8 cm³/mol. The molecule has 0 aromatic heterocycles. The molecule has 0 aliphatic carbocycles. The molecule has 1 heteroatoms. The molecule has 22 heavy (non-hydrogen) atoms. The first-order valence-electron chi connectivity index (χ1n) is 8.85. The van der Waals surface area contributed by atoms with Crippen molar-refractivity contribution in [3.63, 3.8) is 0 Å². The molecular formula is C21H29N. The van der Waals surface area contributed by atoms with Crippen molar-refractivity contribution in [3.8, 4) is 0 Å². The molecule has 1 nitrogen and oxygen atoms in total. The van der Waals surface area contributed by atoms with Gasteiger partial charge in [-0.05, 0) is 51.5 Å². The van der Waals surface area contributed by atoms with Crippen molar-refractivity contribution < 1.29 is 0 Å². The van der Waals surface area contributed by atoms with E-state index in [9.17, 15) is 0 Å². The van der Waals surface area contributed by atoms with Gasteiger partial charge in [-0.3, -0.25) is 4.90 Å². The van der Waals surface area contributed by atoms with E-state index >= 15 is 0 Å². The van der Waals surface area contributed by atoms with Crippen LogP contribution >= 0.6 is 0 Å². The Morgan fingerprint density at radius 2 is 2.00 bits per heavy atom. The van der Waals surface area contributed by atoms with Crippen LogP contribution in [0.15, 0.2) is 53.6 Å². The average Bonchev–Trinajstić information content (AvgIpc) is 2.48. The minimum Gasteiger partial charge on any atom is -0.289 e. The van der Waals surface area contributed by atoms with Gasteiger partial charge >= 0.3 is 0 Å². The van der Waals surface area contributed by atoms with Crippen molar-refractivity contribution in [2.24, 2.45) is 0 Å². The van der Waals surface area contributed by atoms with Gasteiger partial charge in [-0.1, -0.05) is 60.1 Å². The van der Waals surface area contributed by atoms with E-state index in [4.69, 9.17) is 0 Å². The van der Waals surface area contributed by atoms with Crippen LogP contribution in [0.1, 0.15) is 57.9 Å². The van der Waals surface area contributed by atoms with Gasteiger partial charge in [0.05, 0.1) is 0 Å². The summed E-state index contributed by atoms with van der Waals surface area (Å²) in [5.74, 6) is 0. The van der Waals surface area contributed by atoms with Gasteiger partial charge in [0.25, 0.3) is 0 Å². The molecule has 2 aliphatic heterocycles. The zero-order valence-corrected chi connectivity index (χ0v) is 14.1. The topological polar surface area (TPSA) is 3.24 Å². The van der Waals surface area contributed by atoms with Crippen molar-refractivity contribution in [2.45, 2.75) is 71.0 Å². The molecule has 2 aliphatic rings. The predicted octanol–water partition coefficient (Wildman–Crippen LogP) is 5.49. The van der Waals surface area contributed by atoms with E-state index < -0.39 is 0 Å². The van der Waals surface area contributed by atoms with Crippen LogP contribution in [0.2, 0.25) is 0 Å². The van der Waals surface area contributed by atoms with Crippen molar-refractivity contribution in [1.29, 1.82) is 0 Å². The van der Waals surface area contributed by atoms with E-state index in [0.717, 1.165) is 12.6 Å². The summed E-state index contributed by atoms with van der Waals surface area (Å²) in [5.41, 5.74) is 4.61. The normalized spacial score (nSPS) is 24.7. The largest absolute Gasteiger partial charge is 0.289 e. The van der Waals surface area contributed by atoms with Gasteiger partial charge in [0.15, 0.2) is 0 Å². The summed E-state index contributed by atoms with van der Waals surface area (Å²) in [6.45, 7) is 5.52. The fraction of sp³-hybridized carbons (Fsp3) is 0.524. The molecule has 0 N–H and O–H groups in total. The van der Waals surface area contributed by atoms with Crippen LogP contribution in [0.3, 0.4) is 0 Å². The second-order valence-corrected chi connectivity index (χ2v) is 7.16. The Kier molecular flexibility index (Phi) is 5.15. The van der Waals surface area contributed by atoms with Crippen molar-refractivity contribution in [1.82, 2.24) is 4.90 Å². The lowest BCUT2D eigenvalue weighted by molar-refractivity contribution is 0.0877. The Balaban J connectivity index is 1.67. The third-order valence-corrected chi connectivity index (χ3v) is 5.08. The van der Waals surface area contributed by atoms with Crippen molar-refractivity contribution >= 4 is 0 Å². The smallest absolute Gasteiger partial charge is 0.0287 e. The molecule has 0 saturated carbocycles. The number of nitrogens with zero attached hydrogens (tertiary/aromatic N) is 1. The number of rotatable bonds is 5. The van der Waals surface area contributed by atoms with Crippen molar-refractivity contribution in [2.75, 3.05) is 0 Å². The Morgan fingerprint density at radius 3 is 2.73 bits per heavy atom. The number of hydrogen-bond acceptors (Lipinski definition) is 1. The number of piperidine rings is 1. The lowest BCUT2D eigenvalue weighted by Gasteiger charge is -2.45. The molecule has 1 fully saturated rings. The number of allylic oxidation sites excluding steroid dienone is 2.